The van der Waals surface area contributed by atoms with Gasteiger partial charge in [0, 0.05) is 32.8 Å². The van der Waals surface area contributed by atoms with Gasteiger partial charge in [0.15, 0.2) is 0 Å². The van der Waals surface area contributed by atoms with Gasteiger partial charge < -0.3 is 9.13 Å². The second-order valence-electron chi connectivity index (χ2n) is 12.0. The predicted molar refractivity (Wildman–Crippen MR) is 195 cm³/mol. The fourth-order valence-electron chi connectivity index (χ4n) is 7.30. The summed E-state index contributed by atoms with van der Waals surface area (Å²) in [4.78, 5) is 0. The SMILES string of the molecule is N#Cc1ccc(-c2ccccc2-c2cccc(-n3c4ccccc4c4ccccc43)c2)c(-n2c3ccccc3c3cc(C#N)ccc32)c1. The maximum atomic E-state index is 10.0. The largest absolute Gasteiger partial charge is 0.309 e. The lowest BCUT2D eigenvalue weighted by Gasteiger charge is -2.18. The number of nitriles is 2. The second-order valence-corrected chi connectivity index (χ2v) is 12.0. The van der Waals surface area contributed by atoms with E-state index in [1.807, 2.05) is 42.5 Å². The van der Waals surface area contributed by atoms with Crippen LogP contribution >= 0.6 is 0 Å². The molecule has 0 N–H and O–H groups in total. The Kier molecular flexibility index (Phi) is 6.22. The van der Waals surface area contributed by atoms with Crippen LogP contribution in [0.5, 0.6) is 0 Å². The summed E-state index contributed by atoms with van der Waals surface area (Å²) in [6.07, 6.45) is 0. The first kappa shape index (κ1) is 27.4. The summed E-state index contributed by atoms with van der Waals surface area (Å²) in [5.74, 6) is 0. The minimum absolute atomic E-state index is 0.583. The fraction of sp³-hybridized carbons (Fsp3) is 0. The predicted octanol–water partition coefficient (Wildman–Crippen LogP) is 11.0. The average Bonchev–Trinajstić information content (AvgIpc) is 3.67. The molecule has 0 bridgehead atoms. The molecule has 4 heteroatoms. The van der Waals surface area contributed by atoms with Crippen molar-refractivity contribution in [1.29, 1.82) is 10.5 Å². The van der Waals surface area contributed by atoms with Crippen LogP contribution in [0.1, 0.15) is 11.1 Å². The number of hydrogen-bond acceptors (Lipinski definition) is 2. The molecule has 9 rings (SSSR count). The van der Waals surface area contributed by atoms with Crippen LogP contribution in [0.2, 0.25) is 0 Å². The van der Waals surface area contributed by atoms with Crippen molar-refractivity contribution in [2.75, 3.05) is 0 Å². The number of para-hydroxylation sites is 3. The topological polar surface area (TPSA) is 57.4 Å². The molecule has 4 nitrogen and oxygen atoms in total. The zero-order valence-corrected chi connectivity index (χ0v) is 25.8. The summed E-state index contributed by atoms with van der Waals surface area (Å²) in [5.41, 5.74) is 11.8. The van der Waals surface area contributed by atoms with Crippen molar-refractivity contribution in [3.63, 3.8) is 0 Å². The van der Waals surface area contributed by atoms with E-state index in [4.69, 9.17) is 0 Å². The molecule has 7 aromatic carbocycles. The molecule has 222 valence electrons. The Balaban J connectivity index is 1.28. The van der Waals surface area contributed by atoms with Crippen molar-refractivity contribution in [2.24, 2.45) is 0 Å². The first-order valence-corrected chi connectivity index (χ1v) is 15.9. The third-order valence-electron chi connectivity index (χ3n) is 9.38. The second kappa shape index (κ2) is 10.9. The Hall–Kier alpha value is -6.88. The van der Waals surface area contributed by atoms with Gasteiger partial charge in [0.25, 0.3) is 0 Å². The number of benzene rings is 7. The normalized spacial score (nSPS) is 11.3. The van der Waals surface area contributed by atoms with E-state index in [0.29, 0.717) is 11.1 Å². The van der Waals surface area contributed by atoms with Crippen molar-refractivity contribution >= 4 is 43.6 Å². The van der Waals surface area contributed by atoms with E-state index in [2.05, 4.69) is 137 Å². The number of aromatic nitrogens is 2. The summed E-state index contributed by atoms with van der Waals surface area (Å²) >= 11 is 0. The van der Waals surface area contributed by atoms with E-state index < -0.39 is 0 Å². The third kappa shape index (κ3) is 4.14. The van der Waals surface area contributed by atoms with Crippen LogP contribution in [0.15, 0.2) is 158 Å². The highest BCUT2D eigenvalue weighted by Gasteiger charge is 2.19. The molecule has 0 unspecified atom stereocenters. The fourth-order valence-corrected chi connectivity index (χ4v) is 7.30. The highest BCUT2D eigenvalue weighted by atomic mass is 15.0. The molecule has 2 heterocycles. The van der Waals surface area contributed by atoms with Crippen LogP contribution < -0.4 is 0 Å². The van der Waals surface area contributed by atoms with E-state index in [0.717, 1.165) is 55.4 Å². The first-order valence-electron chi connectivity index (χ1n) is 15.9. The molecule has 0 saturated carbocycles. The summed E-state index contributed by atoms with van der Waals surface area (Å²) in [5, 5.41) is 24.2. The Morgan fingerprint density at radius 3 is 1.60 bits per heavy atom. The molecule has 0 aliphatic rings. The van der Waals surface area contributed by atoms with E-state index in [1.165, 1.54) is 21.8 Å². The van der Waals surface area contributed by atoms with Crippen LogP contribution in [-0.2, 0) is 0 Å². The molecule has 0 aliphatic heterocycles. The van der Waals surface area contributed by atoms with Gasteiger partial charge in [-0.1, -0.05) is 97.1 Å². The van der Waals surface area contributed by atoms with Gasteiger partial charge in [-0.3, -0.25) is 0 Å². The van der Waals surface area contributed by atoms with E-state index in [1.54, 1.807) is 0 Å². The van der Waals surface area contributed by atoms with Crippen molar-refractivity contribution in [1.82, 2.24) is 9.13 Å². The van der Waals surface area contributed by atoms with Crippen molar-refractivity contribution < 1.29 is 0 Å². The van der Waals surface area contributed by atoms with Gasteiger partial charge in [-0.2, -0.15) is 10.5 Å². The minimum atomic E-state index is 0.583. The van der Waals surface area contributed by atoms with Crippen LogP contribution in [0.25, 0.3) is 77.2 Å². The summed E-state index contributed by atoms with van der Waals surface area (Å²) < 4.78 is 4.57. The molecule has 9 aromatic rings. The summed E-state index contributed by atoms with van der Waals surface area (Å²) in [7, 11) is 0. The Morgan fingerprint density at radius 2 is 0.917 bits per heavy atom. The van der Waals surface area contributed by atoms with Gasteiger partial charge in [-0.25, -0.2) is 0 Å². The molecular weight excluding hydrogens is 585 g/mol. The molecule has 0 saturated heterocycles. The van der Waals surface area contributed by atoms with E-state index >= 15 is 0 Å². The minimum Gasteiger partial charge on any atom is -0.309 e. The van der Waals surface area contributed by atoms with Crippen molar-refractivity contribution in [3.8, 4) is 45.8 Å². The molecular formula is C44H26N4. The summed E-state index contributed by atoms with van der Waals surface area (Å²) in [6, 6.07) is 59.0. The molecule has 48 heavy (non-hydrogen) atoms. The van der Waals surface area contributed by atoms with Gasteiger partial charge in [0.05, 0.1) is 51.0 Å². The Bertz CT molecular complexity index is 2760. The van der Waals surface area contributed by atoms with Crippen molar-refractivity contribution in [3.05, 3.63) is 169 Å². The number of fused-ring (bicyclic) bond motifs is 6. The zero-order chi connectivity index (χ0) is 32.2. The number of nitrogens with zero attached hydrogens (tertiary/aromatic N) is 4. The van der Waals surface area contributed by atoms with Crippen LogP contribution in [-0.4, -0.2) is 9.13 Å². The average molecular weight is 611 g/mol. The van der Waals surface area contributed by atoms with Crippen LogP contribution in [0.3, 0.4) is 0 Å². The standard InChI is InChI=1S/C44H26N4/c45-27-29-21-23-43-39(24-29)37-16-5-8-19-42(37)48(43)44-25-30(28-46)20-22-38(44)34-13-2-1-12-33(34)31-10-9-11-32(26-31)47-40-17-6-3-14-35(40)36-15-4-7-18-41(36)47/h1-26H. The molecule has 0 spiro atoms. The van der Waals surface area contributed by atoms with Crippen LogP contribution in [0, 0.1) is 22.7 Å². The number of rotatable bonds is 4. The Labute approximate surface area is 277 Å². The quantitative estimate of drug-likeness (QED) is 0.199. The lowest BCUT2D eigenvalue weighted by atomic mass is 9.92. The van der Waals surface area contributed by atoms with Gasteiger partial charge in [-0.05, 0) is 77.4 Å². The maximum Gasteiger partial charge on any atom is 0.0992 e. The molecule has 0 amide bonds. The monoisotopic (exact) mass is 610 g/mol. The van der Waals surface area contributed by atoms with E-state index in [-0.39, 0.29) is 0 Å². The smallest absolute Gasteiger partial charge is 0.0992 e. The Morgan fingerprint density at radius 1 is 0.375 bits per heavy atom. The zero-order valence-electron chi connectivity index (χ0n) is 25.8. The number of hydrogen-bond donors (Lipinski definition) is 0. The lowest BCUT2D eigenvalue weighted by Crippen LogP contribution is -1.99. The van der Waals surface area contributed by atoms with Gasteiger partial charge in [0.2, 0.25) is 0 Å². The van der Waals surface area contributed by atoms with E-state index in [9.17, 15) is 10.5 Å². The summed E-state index contributed by atoms with van der Waals surface area (Å²) in [6.45, 7) is 0. The maximum absolute atomic E-state index is 10.0. The highest BCUT2D eigenvalue weighted by molar-refractivity contribution is 6.11. The van der Waals surface area contributed by atoms with Gasteiger partial charge >= 0.3 is 0 Å². The van der Waals surface area contributed by atoms with Crippen LogP contribution in [0.4, 0.5) is 0 Å². The molecule has 0 atom stereocenters. The molecule has 0 aliphatic carbocycles. The van der Waals surface area contributed by atoms with Gasteiger partial charge in [0.1, 0.15) is 0 Å². The van der Waals surface area contributed by atoms with Gasteiger partial charge in [-0.15, -0.1) is 0 Å². The molecule has 0 fully saturated rings. The molecule has 2 aromatic heterocycles. The third-order valence-corrected chi connectivity index (χ3v) is 9.38. The lowest BCUT2D eigenvalue weighted by molar-refractivity contribution is 1.18. The highest BCUT2D eigenvalue weighted by Crippen LogP contribution is 2.41. The molecule has 0 radical (unpaired) electrons. The van der Waals surface area contributed by atoms with Crippen molar-refractivity contribution in [2.45, 2.75) is 0 Å². The first-order chi connectivity index (χ1) is 23.7.